The molecule has 0 amide bonds. The van der Waals surface area contributed by atoms with Crippen molar-refractivity contribution in [3.8, 4) is 0 Å². The summed E-state index contributed by atoms with van der Waals surface area (Å²) in [5.41, 5.74) is 7.87. The zero-order chi connectivity index (χ0) is 10.7. The number of aryl methyl sites for hydroxylation is 1. The van der Waals surface area contributed by atoms with E-state index in [2.05, 4.69) is 20.9 Å². The third-order valence-corrected chi connectivity index (χ3v) is 3.04. The first kappa shape index (κ1) is 11.2. The summed E-state index contributed by atoms with van der Waals surface area (Å²) in [5, 5.41) is 0. The molecule has 0 spiro atoms. The number of hydrogen-bond acceptors (Lipinski definition) is 1. The van der Waals surface area contributed by atoms with E-state index in [0.717, 1.165) is 10.2 Å². The first-order valence-electron chi connectivity index (χ1n) is 4.61. The first-order chi connectivity index (χ1) is 6.52. The van der Waals surface area contributed by atoms with Crippen LogP contribution in [0.5, 0.6) is 0 Å². The summed E-state index contributed by atoms with van der Waals surface area (Å²) in [6.45, 7) is 6.10. The zero-order valence-electron chi connectivity index (χ0n) is 8.71. The van der Waals surface area contributed by atoms with Gasteiger partial charge in [0.05, 0.1) is 5.69 Å². The highest BCUT2D eigenvalue weighted by Crippen LogP contribution is 2.28. The van der Waals surface area contributed by atoms with Crippen molar-refractivity contribution < 1.29 is 0 Å². The highest BCUT2D eigenvalue weighted by molar-refractivity contribution is 9.10. The Hall–Kier alpha value is -0.830. The van der Waals surface area contributed by atoms with Gasteiger partial charge in [0.25, 0.3) is 0 Å². The number of rotatable bonds is 2. The van der Waals surface area contributed by atoms with Crippen molar-refractivity contribution in [2.45, 2.75) is 20.8 Å². The molecule has 14 heavy (non-hydrogen) atoms. The van der Waals surface area contributed by atoms with Crippen LogP contribution in [0.2, 0.25) is 0 Å². The van der Waals surface area contributed by atoms with Crippen molar-refractivity contribution >= 4 is 27.5 Å². The quantitative estimate of drug-likeness (QED) is 0.638. The van der Waals surface area contributed by atoms with E-state index >= 15 is 0 Å². The van der Waals surface area contributed by atoms with Gasteiger partial charge in [0, 0.05) is 10.4 Å². The molecule has 2 N–H and O–H groups in total. The molecule has 0 bridgehead atoms. The van der Waals surface area contributed by atoms with Gasteiger partial charge in [0.1, 0.15) is 5.84 Å². The Labute approximate surface area is 93.4 Å². The van der Waals surface area contributed by atoms with Crippen LogP contribution in [0, 0.1) is 12.8 Å². The van der Waals surface area contributed by atoms with Crippen LogP contribution in [-0.4, -0.2) is 5.84 Å². The zero-order valence-corrected chi connectivity index (χ0v) is 10.3. The molecule has 1 aromatic rings. The molecule has 0 atom stereocenters. The normalized spacial score (nSPS) is 12.2. The van der Waals surface area contributed by atoms with Crippen LogP contribution in [0.25, 0.3) is 0 Å². The molecule has 3 heteroatoms. The maximum absolute atomic E-state index is 5.80. The predicted octanol–water partition coefficient (Wildman–Crippen LogP) is 3.40. The number of nitrogens with two attached hydrogens (primary N) is 1. The minimum atomic E-state index is 0.280. The molecule has 1 rings (SSSR count). The van der Waals surface area contributed by atoms with Gasteiger partial charge in [-0.25, -0.2) is 4.99 Å². The van der Waals surface area contributed by atoms with Crippen LogP contribution in [0.3, 0.4) is 0 Å². The van der Waals surface area contributed by atoms with Crippen LogP contribution < -0.4 is 5.73 Å². The minimum absolute atomic E-state index is 0.280. The summed E-state index contributed by atoms with van der Waals surface area (Å²) in [5.74, 6) is 0.943. The third kappa shape index (κ3) is 2.58. The van der Waals surface area contributed by atoms with Crippen molar-refractivity contribution in [3.63, 3.8) is 0 Å². The minimum Gasteiger partial charge on any atom is -0.387 e. The van der Waals surface area contributed by atoms with Crippen LogP contribution in [0.1, 0.15) is 19.4 Å². The highest BCUT2D eigenvalue weighted by Gasteiger charge is 2.03. The molecule has 0 fully saturated rings. The molecule has 0 unspecified atom stereocenters. The molecule has 2 nitrogen and oxygen atoms in total. The summed E-state index contributed by atoms with van der Waals surface area (Å²) < 4.78 is 1.02. The first-order valence-corrected chi connectivity index (χ1v) is 5.41. The lowest BCUT2D eigenvalue weighted by Gasteiger charge is -2.06. The topological polar surface area (TPSA) is 38.4 Å². The molecule has 0 heterocycles. The molecule has 76 valence electrons. The Balaban J connectivity index is 3.09. The van der Waals surface area contributed by atoms with Gasteiger partial charge in [-0.15, -0.1) is 0 Å². The van der Waals surface area contributed by atoms with E-state index in [1.165, 1.54) is 5.56 Å². The standard InChI is InChI=1S/C11H15BrN2/c1-7(2)11(13)14-9-6-4-5-8(3)10(9)12/h4-7H,1-3H3,(H2,13,14). The molecule has 0 saturated heterocycles. The fourth-order valence-corrected chi connectivity index (χ4v) is 1.34. The van der Waals surface area contributed by atoms with E-state index in [1.807, 2.05) is 39.0 Å². The molecule has 0 radical (unpaired) electrons. The Kier molecular flexibility index (Phi) is 3.69. The predicted molar refractivity (Wildman–Crippen MR) is 65.0 cm³/mol. The molecule has 1 aromatic carbocycles. The summed E-state index contributed by atoms with van der Waals surface area (Å²) in [6.07, 6.45) is 0. The second-order valence-electron chi connectivity index (χ2n) is 3.60. The average Bonchev–Trinajstić information content (AvgIpc) is 2.12. The van der Waals surface area contributed by atoms with Gasteiger partial charge < -0.3 is 5.73 Å². The number of amidine groups is 1. The van der Waals surface area contributed by atoms with Crippen molar-refractivity contribution in [2.24, 2.45) is 16.6 Å². The summed E-state index contributed by atoms with van der Waals surface area (Å²) in [4.78, 5) is 4.37. The van der Waals surface area contributed by atoms with Gasteiger partial charge in [-0.1, -0.05) is 26.0 Å². The summed E-state index contributed by atoms with van der Waals surface area (Å²) in [7, 11) is 0. The van der Waals surface area contributed by atoms with Gasteiger partial charge in [0.15, 0.2) is 0 Å². The summed E-state index contributed by atoms with van der Waals surface area (Å²) in [6, 6.07) is 5.97. The maximum Gasteiger partial charge on any atom is 0.102 e. The Morgan fingerprint density at radius 3 is 2.64 bits per heavy atom. The van der Waals surface area contributed by atoms with E-state index in [4.69, 9.17) is 5.73 Å². The average molecular weight is 255 g/mol. The van der Waals surface area contributed by atoms with Gasteiger partial charge in [0.2, 0.25) is 0 Å². The molecule has 0 aliphatic heterocycles. The summed E-state index contributed by atoms with van der Waals surface area (Å²) >= 11 is 3.50. The molecular formula is C11H15BrN2. The van der Waals surface area contributed by atoms with Gasteiger partial charge >= 0.3 is 0 Å². The van der Waals surface area contributed by atoms with Crippen molar-refractivity contribution in [2.75, 3.05) is 0 Å². The van der Waals surface area contributed by atoms with Gasteiger partial charge in [-0.3, -0.25) is 0 Å². The number of halogens is 1. The van der Waals surface area contributed by atoms with E-state index in [-0.39, 0.29) is 5.92 Å². The van der Waals surface area contributed by atoms with Crippen molar-refractivity contribution in [1.82, 2.24) is 0 Å². The smallest absolute Gasteiger partial charge is 0.102 e. The van der Waals surface area contributed by atoms with Crippen LogP contribution in [0.15, 0.2) is 27.7 Å². The van der Waals surface area contributed by atoms with Gasteiger partial charge in [-0.05, 0) is 34.5 Å². The van der Waals surface area contributed by atoms with E-state index in [1.54, 1.807) is 0 Å². The number of hydrogen-bond donors (Lipinski definition) is 1. The second kappa shape index (κ2) is 4.60. The van der Waals surface area contributed by atoms with Crippen LogP contribution in [-0.2, 0) is 0 Å². The molecule has 0 aliphatic rings. The number of aliphatic imine (C=N–C) groups is 1. The van der Waals surface area contributed by atoms with E-state index < -0.39 is 0 Å². The molecule has 0 saturated carbocycles. The largest absolute Gasteiger partial charge is 0.387 e. The fraction of sp³-hybridized carbons (Fsp3) is 0.364. The van der Waals surface area contributed by atoms with Crippen LogP contribution in [0.4, 0.5) is 5.69 Å². The molecule has 0 aromatic heterocycles. The van der Waals surface area contributed by atoms with Crippen molar-refractivity contribution in [1.29, 1.82) is 0 Å². The molecular weight excluding hydrogens is 240 g/mol. The lowest BCUT2D eigenvalue weighted by molar-refractivity contribution is 0.873. The van der Waals surface area contributed by atoms with Crippen LogP contribution >= 0.6 is 15.9 Å². The lowest BCUT2D eigenvalue weighted by atomic mass is 10.2. The van der Waals surface area contributed by atoms with E-state index in [0.29, 0.717) is 5.84 Å². The fourth-order valence-electron chi connectivity index (χ4n) is 0.986. The monoisotopic (exact) mass is 254 g/mol. The Morgan fingerprint density at radius 2 is 2.07 bits per heavy atom. The Bertz CT molecular complexity index is 356. The third-order valence-electron chi connectivity index (χ3n) is 2.01. The Morgan fingerprint density at radius 1 is 1.43 bits per heavy atom. The maximum atomic E-state index is 5.80. The number of benzene rings is 1. The van der Waals surface area contributed by atoms with Crippen molar-refractivity contribution in [3.05, 3.63) is 28.2 Å². The van der Waals surface area contributed by atoms with Gasteiger partial charge in [-0.2, -0.15) is 0 Å². The number of nitrogens with zero attached hydrogens (tertiary/aromatic N) is 1. The highest BCUT2D eigenvalue weighted by atomic mass is 79.9. The SMILES string of the molecule is Cc1cccc(N=C(N)C(C)C)c1Br. The molecule has 0 aliphatic carbocycles. The van der Waals surface area contributed by atoms with E-state index in [9.17, 15) is 0 Å². The second-order valence-corrected chi connectivity index (χ2v) is 4.39. The lowest BCUT2D eigenvalue weighted by Crippen LogP contribution is -2.18.